The second-order valence-corrected chi connectivity index (χ2v) is 6.42. The molecule has 16 heavy (non-hydrogen) atoms. The Labute approximate surface area is 99.7 Å². The van der Waals surface area contributed by atoms with Gasteiger partial charge in [-0.2, -0.15) is 0 Å². The van der Waals surface area contributed by atoms with Gasteiger partial charge in [0.25, 0.3) is 5.91 Å². The van der Waals surface area contributed by atoms with Gasteiger partial charge in [-0.3, -0.25) is 4.79 Å². The van der Waals surface area contributed by atoms with E-state index in [9.17, 15) is 13.2 Å². The molecule has 1 atom stereocenters. The zero-order valence-corrected chi connectivity index (χ0v) is 10.9. The third kappa shape index (κ3) is 3.94. The molecule has 6 heteroatoms. The maximum atomic E-state index is 11.6. The third-order valence-electron chi connectivity index (χ3n) is 2.19. The molecule has 1 rings (SSSR count). The van der Waals surface area contributed by atoms with Crippen LogP contribution >= 0.6 is 11.3 Å². The molecule has 1 heterocycles. The van der Waals surface area contributed by atoms with Crippen LogP contribution in [0.2, 0.25) is 0 Å². The van der Waals surface area contributed by atoms with E-state index in [-0.39, 0.29) is 11.7 Å². The summed E-state index contributed by atoms with van der Waals surface area (Å²) in [4.78, 5) is 11.9. The second kappa shape index (κ2) is 5.45. The summed E-state index contributed by atoms with van der Waals surface area (Å²) in [6, 6.07) is 3.31. The highest BCUT2D eigenvalue weighted by Crippen LogP contribution is 2.09. The molecular formula is C10H15NO3S2. The average molecular weight is 261 g/mol. The first-order valence-corrected chi connectivity index (χ1v) is 7.56. The van der Waals surface area contributed by atoms with Crippen LogP contribution in [0.25, 0.3) is 0 Å². The summed E-state index contributed by atoms with van der Waals surface area (Å²) >= 11 is 1.22. The van der Waals surface area contributed by atoms with E-state index >= 15 is 0 Å². The summed E-state index contributed by atoms with van der Waals surface area (Å²) in [5, 5.41) is 1.73. The Bertz CT molecular complexity index is 437. The fourth-order valence-electron chi connectivity index (χ4n) is 1.13. The maximum Gasteiger partial charge on any atom is 0.274 e. The molecule has 0 fully saturated rings. The van der Waals surface area contributed by atoms with Crippen molar-refractivity contribution in [3.63, 3.8) is 0 Å². The standard InChI is InChI=1S/C10H15NO3S2/c1-3-8(2)7-16(13,14)11-10(12)9-5-4-6-15-9/h4-6,8H,3,7H2,1-2H3,(H,11,12)/t8-/m0/s1. The normalized spacial score (nSPS) is 13.4. The molecule has 0 bridgehead atoms. The Hall–Kier alpha value is -0.880. The van der Waals surface area contributed by atoms with E-state index in [2.05, 4.69) is 4.72 Å². The van der Waals surface area contributed by atoms with E-state index in [4.69, 9.17) is 0 Å². The largest absolute Gasteiger partial charge is 0.274 e. The van der Waals surface area contributed by atoms with Crippen molar-refractivity contribution in [3.8, 4) is 0 Å². The van der Waals surface area contributed by atoms with Crippen LogP contribution in [-0.4, -0.2) is 20.1 Å². The lowest BCUT2D eigenvalue weighted by Crippen LogP contribution is -2.33. The van der Waals surface area contributed by atoms with Gasteiger partial charge >= 0.3 is 0 Å². The van der Waals surface area contributed by atoms with Gasteiger partial charge in [-0.15, -0.1) is 11.3 Å². The van der Waals surface area contributed by atoms with Gasteiger partial charge in [0.05, 0.1) is 10.6 Å². The van der Waals surface area contributed by atoms with Gasteiger partial charge in [-0.25, -0.2) is 13.1 Å². The van der Waals surface area contributed by atoms with Crippen LogP contribution in [0, 0.1) is 5.92 Å². The molecule has 1 aromatic rings. The number of hydrogen-bond donors (Lipinski definition) is 1. The molecule has 0 saturated carbocycles. The molecule has 1 aromatic heterocycles. The van der Waals surface area contributed by atoms with E-state index < -0.39 is 15.9 Å². The summed E-state index contributed by atoms with van der Waals surface area (Å²) in [7, 11) is -3.51. The Morgan fingerprint density at radius 2 is 2.25 bits per heavy atom. The van der Waals surface area contributed by atoms with E-state index in [0.29, 0.717) is 4.88 Å². The van der Waals surface area contributed by atoms with Crippen LogP contribution in [-0.2, 0) is 10.0 Å². The van der Waals surface area contributed by atoms with Crippen molar-refractivity contribution in [3.05, 3.63) is 22.4 Å². The fourth-order valence-corrected chi connectivity index (χ4v) is 3.28. The van der Waals surface area contributed by atoms with Crippen molar-refractivity contribution in [1.82, 2.24) is 4.72 Å². The highest BCUT2D eigenvalue weighted by Gasteiger charge is 2.18. The summed E-state index contributed by atoms with van der Waals surface area (Å²) in [5.41, 5.74) is 0. The maximum absolute atomic E-state index is 11.6. The summed E-state index contributed by atoms with van der Waals surface area (Å²) in [6.45, 7) is 3.76. The minimum Gasteiger partial charge on any atom is -0.267 e. The SMILES string of the molecule is CC[C@H](C)CS(=O)(=O)NC(=O)c1cccs1. The first kappa shape index (κ1) is 13.2. The first-order valence-electron chi connectivity index (χ1n) is 5.03. The summed E-state index contributed by atoms with van der Waals surface area (Å²) < 4.78 is 25.2. The highest BCUT2D eigenvalue weighted by molar-refractivity contribution is 7.90. The number of thiophene rings is 1. The molecule has 0 aliphatic rings. The number of hydrogen-bond acceptors (Lipinski definition) is 4. The number of amides is 1. The zero-order chi connectivity index (χ0) is 12.2. The van der Waals surface area contributed by atoms with Crippen molar-refractivity contribution in [2.45, 2.75) is 20.3 Å². The van der Waals surface area contributed by atoms with Gasteiger partial charge in [-0.05, 0) is 17.4 Å². The summed E-state index contributed by atoms with van der Waals surface area (Å²) in [6.07, 6.45) is 0.772. The highest BCUT2D eigenvalue weighted by atomic mass is 32.2. The first-order chi connectivity index (χ1) is 7.44. The monoisotopic (exact) mass is 261 g/mol. The zero-order valence-electron chi connectivity index (χ0n) is 9.26. The molecule has 1 N–H and O–H groups in total. The van der Waals surface area contributed by atoms with E-state index in [1.165, 1.54) is 11.3 Å². The van der Waals surface area contributed by atoms with Crippen molar-refractivity contribution in [2.75, 3.05) is 5.75 Å². The molecule has 0 aromatic carbocycles. The van der Waals surface area contributed by atoms with Crippen LogP contribution in [0.4, 0.5) is 0 Å². The molecule has 0 saturated heterocycles. The van der Waals surface area contributed by atoms with Gasteiger partial charge in [0.1, 0.15) is 0 Å². The number of carbonyl (C=O) groups is 1. The van der Waals surface area contributed by atoms with Crippen molar-refractivity contribution in [1.29, 1.82) is 0 Å². The van der Waals surface area contributed by atoms with E-state index in [0.717, 1.165) is 6.42 Å². The minimum atomic E-state index is -3.51. The number of carbonyl (C=O) groups excluding carboxylic acids is 1. The van der Waals surface area contributed by atoms with Gasteiger partial charge in [0, 0.05) is 0 Å². The van der Waals surface area contributed by atoms with Crippen LogP contribution < -0.4 is 4.72 Å². The van der Waals surface area contributed by atoms with Crippen molar-refractivity contribution in [2.24, 2.45) is 5.92 Å². The van der Waals surface area contributed by atoms with Crippen LogP contribution in [0.3, 0.4) is 0 Å². The second-order valence-electron chi connectivity index (χ2n) is 3.70. The van der Waals surface area contributed by atoms with Crippen LogP contribution in [0.5, 0.6) is 0 Å². The Kier molecular flexibility index (Phi) is 4.49. The van der Waals surface area contributed by atoms with Crippen molar-refractivity contribution < 1.29 is 13.2 Å². The quantitative estimate of drug-likeness (QED) is 0.880. The lowest BCUT2D eigenvalue weighted by atomic mass is 10.2. The summed E-state index contributed by atoms with van der Waals surface area (Å²) in [5.74, 6) is -0.507. The van der Waals surface area contributed by atoms with Gasteiger partial charge < -0.3 is 0 Å². The molecule has 0 radical (unpaired) electrons. The minimum absolute atomic E-state index is 0.0133. The predicted octanol–water partition coefficient (Wildman–Crippen LogP) is 1.85. The molecule has 0 aliphatic heterocycles. The Morgan fingerprint density at radius 3 is 2.75 bits per heavy atom. The number of nitrogens with one attached hydrogen (secondary N) is 1. The van der Waals surface area contributed by atoms with Crippen LogP contribution in [0.15, 0.2) is 17.5 Å². The predicted molar refractivity (Wildman–Crippen MR) is 65.0 cm³/mol. The number of rotatable bonds is 5. The molecule has 90 valence electrons. The van der Waals surface area contributed by atoms with Crippen LogP contribution in [0.1, 0.15) is 29.9 Å². The molecule has 0 spiro atoms. The van der Waals surface area contributed by atoms with Gasteiger partial charge in [-0.1, -0.05) is 26.3 Å². The van der Waals surface area contributed by atoms with Crippen molar-refractivity contribution >= 4 is 27.3 Å². The van der Waals surface area contributed by atoms with Gasteiger partial charge in [0.15, 0.2) is 0 Å². The average Bonchev–Trinajstić information content (AvgIpc) is 2.68. The topological polar surface area (TPSA) is 63.2 Å². The molecular weight excluding hydrogens is 246 g/mol. The third-order valence-corrected chi connectivity index (χ3v) is 4.57. The lowest BCUT2D eigenvalue weighted by Gasteiger charge is -2.09. The smallest absolute Gasteiger partial charge is 0.267 e. The Balaban J connectivity index is 2.63. The Morgan fingerprint density at radius 1 is 1.56 bits per heavy atom. The molecule has 0 unspecified atom stereocenters. The molecule has 4 nitrogen and oxygen atoms in total. The fraction of sp³-hybridized carbons (Fsp3) is 0.500. The van der Waals surface area contributed by atoms with E-state index in [1.807, 2.05) is 13.8 Å². The van der Waals surface area contributed by atoms with Gasteiger partial charge in [0.2, 0.25) is 10.0 Å². The van der Waals surface area contributed by atoms with E-state index in [1.54, 1.807) is 17.5 Å². The molecule has 0 aliphatic carbocycles. The lowest BCUT2D eigenvalue weighted by molar-refractivity contribution is 0.0985. The molecule has 1 amide bonds. The number of sulfonamides is 1.